The van der Waals surface area contributed by atoms with Gasteiger partial charge in [-0.15, -0.1) is 0 Å². The lowest BCUT2D eigenvalue weighted by Crippen LogP contribution is -2.56. The third-order valence-corrected chi connectivity index (χ3v) is 3.01. The van der Waals surface area contributed by atoms with Crippen LogP contribution in [0.3, 0.4) is 0 Å². The highest BCUT2D eigenvalue weighted by molar-refractivity contribution is 6.28. The van der Waals surface area contributed by atoms with Gasteiger partial charge >= 0.3 is 5.97 Å². The maximum atomic E-state index is 11.6. The molecule has 0 aliphatic carbocycles. The van der Waals surface area contributed by atoms with Gasteiger partial charge in [0.2, 0.25) is 11.2 Å². The summed E-state index contributed by atoms with van der Waals surface area (Å²) in [7, 11) is 1.27. The van der Waals surface area contributed by atoms with Gasteiger partial charge in [-0.3, -0.25) is 4.79 Å². The Morgan fingerprint density at radius 3 is 2.79 bits per heavy atom. The summed E-state index contributed by atoms with van der Waals surface area (Å²) in [6, 6.07) is 0.0667. The molecule has 8 heteroatoms. The van der Waals surface area contributed by atoms with Crippen LogP contribution in [0.15, 0.2) is 6.20 Å². The van der Waals surface area contributed by atoms with Crippen molar-refractivity contribution in [2.75, 3.05) is 25.5 Å². The topological polar surface area (TPSA) is 84.4 Å². The van der Waals surface area contributed by atoms with Gasteiger partial charge in [-0.2, -0.15) is 0 Å². The molecule has 1 aliphatic rings. The van der Waals surface area contributed by atoms with Crippen molar-refractivity contribution in [1.82, 2.24) is 14.9 Å². The first-order valence-corrected chi connectivity index (χ1v) is 6.02. The number of likely N-dealkylation sites (tertiary alicyclic amines) is 1. The molecule has 0 atom stereocenters. The quantitative estimate of drug-likeness (QED) is 0.645. The monoisotopic (exact) mass is 284 g/mol. The van der Waals surface area contributed by atoms with Gasteiger partial charge in [0.25, 0.3) is 0 Å². The van der Waals surface area contributed by atoms with Gasteiger partial charge in [0.05, 0.1) is 25.0 Å². The van der Waals surface area contributed by atoms with Gasteiger partial charge < -0.3 is 15.0 Å². The molecule has 1 saturated heterocycles. The summed E-state index contributed by atoms with van der Waals surface area (Å²) in [5.74, 6) is -0.562. The van der Waals surface area contributed by atoms with Crippen LogP contribution < -0.4 is 5.32 Å². The van der Waals surface area contributed by atoms with Crippen molar-refractivity contribution < 1.29 is 14.3 Å². The lowest BCUT2D eigenvalue weighted by atomic mass is 10.1. The van der Waals surface area contributed by atoms with Gasteiger partial charge in [-0.25, -0.2) is 14.8 Å². The number of ether oxygens (including phenoxy) is 1. The second-order valence-corrected chi connectivity index (χ2v) is 4.50. The largest absolute Gasteiger partial charge is 0.464 e. The van der Waals surface area contributed by atoms with Gasteiger partial charge in [-0.05, 0) is 11.6 Å². The lowest BCUT2D eigenvalue weighted by Gasteiger charge is -2.39. The van der Waals surface area contributed by atoms with E-state index in [4.69, 9.17) is 11.6 Å². The molecule has 0 saturated carbocycles. The van der Waals surface area contributed by atoms with E-state index in [1.807, 2.05) is 0 Å². The number of esters is 1. The van der Waals surface area contributed by atoms with Crippen molar-refractivity contribution >= 4 is 29.2 Å². The predicted molar refractivity (Wildman–Crippen MR) is 68.0 cm³/mol. The molecule has 2 rings (SSSR count). The zero-order chi connectivity index (χ0) is 14.0. The summed E-state index contributed by atoms with van der Waals surface area (Å²) < 4.78 is 4.63. The SMILES string of the molecule is COC(=O)c1nc(Cl)ncc1NC1CN(C(C)=O)C1. The smallest absolute Gasteiger partial charge is 0.359 e. The molecule has 7 nitrogen and oxygen atoms in total. The van der Waals surface area contributed by atoms with Crippen LogP contribution in [0.5, 0.6) is 0 Å². The van der Waals surface area contributed by atoms with E-state index in [0.29, 0.717) is 18.8 Å². The molecule has 19 heavy (non-hydrogen) atoms. The average Bonchev–Trinajstić information content (AvgIpc) is 2.33. The maximum absolute atomic E-state index is 11.6. The number of nitrogens with zero attached hydrogens (tertiary/aromatic N) is 3. The van der Waals surface area contributed by atoms with E-state index in [1.165, 1.54) is 20.2 Å². The Bertz CT molecular complexity index is 517. The summed E-state index contributed by atoms with van der Waals surface area (Å²) >= 11 is 5.66. The number of hydrogen-bond donors (Lipinski definition) is 1. The van der Waals surface area contributed by atoms with Gasteiger partial charge in [0, 0.05) is 20.0 Å². The summed E-state index contributed by atoms with van der Waals surface area (Å²) in [5.41, 5.74) is 0.535. The van der Waals surface area contributed by atoms with Crippen LogP contribution in [0.1, 0.15) is 17.4 Å². The Labute approximate surface area is 114 Å². The zero-order valence-electron chi connectivity index (χ0n) is 10.5. The number of halogens is 1. The van der Waals surface area contributed by atoms with Crippen LogP contribution in [0.25, 0.3) is 0 Å². The number of rotatable bonds is 3. The van der Waals surface area contributed by atoms with Crippen molar-refractivity contribution in [3.05, 3.63) is 17.2 Å². The predicted octanol–water partition coefficient (Wildman–Crippen LogP) is 0.559. The summed E-state index contributed by atoms with van der Waals surface area (Å²) in [6.45, 7) is 2.68. The minimum atomic E-state index is -0.588. The molecule has 1 aromatic heterocycles. The van der Waals surface area contributed by atoms with Crippen LogP contribution in [0.4, 0.5) is 5.69 Å². The molecular formula is C11H13ClN4O3. The minimum absolute atomic E-state index is 0.0232. The molecule has 1 N–H and O–H groups in total. The van der Waals surface area contributed by atoms with Crippen molar-refractivity contribution in [2.24, 2.45) is 0 Å². The third kappa shape index (κ3) is 2.93. The number of amides is 1. The molecule has 102 valence electrons. The van der Waals surface area contributed by atoms with Crippen LogP contribution in [0.2, 0.25) is 5.28 Å². The van der Waals surface area contributed by atoms with Crippen molar-refractivity contribution in [3.63, 3.8) is 0 Å². The van der Waals surface area contributed by atoms with E-state index in [-0.39, 0.29) is 22.9 Å². The first kappa shape index (κ1) is 13.5. The van der Waals surface area contributed by atoms with Gasteiger partial charge in [0.1, 0.15) is 0 Å². The van der Waals surface area contributed by atoms with Crippen molar-refractivity contribution in [2.45, 2.75) is 13.0 Å². The highest BCUT2D eigenvalue weighted by atomic mass is 35.5. The van der Waals surface area contributed by atoms with E-state index in [9.17, 15) is 9.59 Å². The van der Waals surface area contributed by atoms with E-state index >= 15 is 0 Å². The van der Waals surface area contributed by atoms with E-state index in [2.05, 4.69) is 20.0 Å². The van der Waals surface area contributed by atoms with E-state index in [0.717, 1.165) is 0 Å². The van der Waals surface area contributed by atoms with Gasteiger partial charge in [0.15, 0.2) is 5.69 Å². The Kier molecular flexibility index (Phi) is 3.84. The fourth-order valence-electron chi connectivity index (χ4n) is 1.77. The van der Waals surface area contributed by atoms with Gasteiger partial charge in [-0.1, -0.05) is 0 Å². The Morgan fingerprint density at radius 2 is 2.21 bits per heavy atom. The number of nitrogens with one attached hydrogen (secondary N) is 1. The van der Waals surface area contributed by atoms with Crippen LogP contribution >= 0.6 is 11.6 Å². The van der Waals surface area contributed by atoms with Crippen molar-refractivity contribution in [3.8, 4) is 0 Å². The number of methoxy groups -OCH3 is 1. The normalized spacial score (nSPS) is 14.8. The zero-order valence-corrected chi connectivity index (χ0v) is 11.3. The van der Waals surface area contributed by atoms with E-state index < -0.39 is 5.97 Å². The first-order chi connectivity index (χ1) is 9.01. The maximum Gasteiger partial charge on any atom is 0.359 e. The highest BCUT2D eigenvalue weighted by Gasteiger charge is 2.29. The molecule has 1 aliphatic heterocycles. The molecule has 0 spiro atoms. The molecule has 2 heterocycles. The standard InChI is InChI=1S/C11H13ClN4O3/c1-6(17)16-4-7(5-16)14-8-3-13-11(12)15-9(8)10(18)19-2/h3,7,14H,4-5H2,1-2H3. The summed E-state index contributed by atoms with van der Waals surface area (Å²) in [6.07, 6.45) is 1.43. The molecule has 0 unspecified atom stereocenters. The number of hydrogen-bond acceptors (Lipinski definition) is 6. The van der Waals surface area contributed by atoms with Crippen LogP contribution in [0, 0.1) is 0 Å². The molecule has 0 radical (unpaired) electrons. The first-order valence-electron chi connectivity index (χ1n) is 5.64. The fourth-order valence-corrected chi connectivity index (χ4v) is 1.90. The Morgan fingerprint density at radius 1 is 1.53 bits per heavy atom. The second kappa shape index (κ2) is 5.40. The molecule has 1 amide bonds. The second-order valence-electron chi connectivity index (χ2n) is 4.16. The number of carbonyl (C=O) groups is 2. The molecule has 0 aromatic carbocycles. The fraction of sp³-hybridized carbons (Fsp3) is 0.455. The van der Waals surface area contributed by atoms with Crippen molar-refractivity contribution in [1.29, 1.82) is 0 Å². The summed E-state index contributed by atoms with van der Waals surface area (Å²) in [4.78, 5) is 32.0. The van der Waals surface area contributed by atoms with Crippen LogP contribution in [-0.4, -0.2) is 53.0 Å². The number of carbonyl (C=O) groups excluding carboxylic acids is 2. The number of aromatic nitrogens is 2. The molecule has 1 aromatic rings. The molecule has 0 bridgehead atoms. The molecule has 1 fully saturated rings. The Hall–Kier alpha value is -1.89. The lowest BCUT2D eigenvalue weighted by molar-refractivity contribution is -0.132. The average molecular weight is 285 g/mol. The molecular weight excluding hydrogens is 272 g/mol. The highest BCUT2D eigenvalue weighted by Crippen LogP contribution is 2.19. The minimum Gasteiger partial charge on any atom is -0.464 e. The summed E-state index contributed by atoms with van der Waals surface area (Å²) in [5, 5.41) is 3.07. The van der Waals surface area contributed by atoms with Crippen LogP contribution in [-0.2, 0) is 9.53 Å². The number of anilines is 1. The Balaban J connectivity index is 2.09. The third-order valence-electron chi connectivity index (χ3n) is 2.82. The van der Waals surface area contributed by atoms with E-state index in [1.54, 1.807) is 4.90 Å².